The Kier molecular flexibility index (Phi) is 4.29. The number of carbonyl (C=O) groups is 2. The Bertz CT molecular complexity index is 904. The molecule has 0 aliphatic heterocycles. The SMILES string of the molecule is O=C(c1ccccc1)c1ccc(F)c(C(=O)c2ccccc2)c1F. The zero-order valence-corrected chi connectivity index (χ0v) is 12.5. The van der Waals surface area contributed by atoms with Gasteiger partial charge in [-0.3, -0.25) is 9.59 Å². The summed E-state index contributed by atoms with van der Waals surface area (Å²) in [5, 5.41) is 0. The van der Waals surface area contributed by atoms with Gasteiger partial charge in [0, 0.05) is 11.1 Å². The average Bonchev–Trinajstić information content (AvgIpc) is 2.63. The van der Waals surface area contributed by atoms with Gasteiger partial charge in [0.15, 0.2) is 11.6 Å². The highest BCUT2D eigenvalue weighted by molar-refractivity contribution is 6.13. The highest BCUT2D eigenvalue weighted by atomic mass is 19.1. The minimum absolute atomic E-state index is 0.152. The van der Waals surface area contributed by atoms with E-state index in [9.17, 15) is 18.4 Å². The summed E-state index contributed by atoms with van der Waals surface area (Å²) in [7, 11) is 0. The van der Waals surface area contributed by atoms with Gasteiger partial charge < -0.3 is 0 Å². The summed E-state index contributed by atoms with van der Waals surface area (Å²) in [6.45, 7) is 0. The Labute approximate surface area is 137 Å². The zero-order valence-electron chi connectivity index (χ0n) is 12.5. The molecule has 118 valence electrons. The lowest BCUT2D eigenvalue weighted by atomic mass is 9.96. The van der Waals surface area contributed by atoms with Crippen molar-refractivity contribution in [3.05, 3.63) is 107 Å². The van der Waals surface area contributed by atoms with Gasteiger partial charge in [-0.25, -0.2) is 8.78 Å². The molecule has 0 amide bonds. The number of hydrogen-bond acceptors (Lipinski definition) is 2. The minimum atomic E-state index is -1.14. The fourth-order valence-electron chi connectivity index (χ4n) is 2.41. The van der Waals surface area contributed by atoms with Gasteiger partial charge in [-0.15, -0.1) is 0 Å². The quantitative estimate of drug-likeness (QED) is 0.666. The average molecular weight is 322 g/mol. The van der Waals surface area contributed by atoms with Crippen molar-refractivity contribution in [2.45, 2.75) is 0 Å². The van der Waals surface area contributed by atoms with Crippen molar-refractivity contribution >= 4 is 11.6 Å². The van der Waals surface area contributed by atoms with Crippen LogP contribution in [0.5, 0.6) is 0 Å². The van der Waals surface area contributed by atoms with Gasteiger partial charge >= 0.3 is 0 Å². The van der Waals surface area contributed by atoms with E-state index in [0.717, 1.165) is 12.1 Å². The lowest BCUT2D eigenvalue weighted by Crippen LogP contribution is -2.13. The molecule has 0 aliphatic rings. The number of carbonyl (C=O) groups excluding carboxylic acids is 2. The van der Waals surface area contributed by atoms with Crippen LogP contribution >= 0.6 is 0 Å². The van der Waals surface area contributed by atoms with Crippen molar-refractivity contribution < 1.29 is 18.4 Å². The maximum atomic E-state index is 14.7. The molecule has 3 aromatic rings. The molecule has 3 aromatic carbocycles. The number of rotatable bonds is 4. The summed E-state index contributed by atoms with van der Waals surface area (Å²) in [5.74, 6) is -3.54. The molecule has 0 aliphatic carbocycles. The lowest BCUT2D eigenvalue weighted by Gasteiger charge is -2.09. The first-order valence-corrected chi connectivity index (χ1v) is 7.27. The van der Waals surface area contributed by atoms with Crippen molar-refractivity contribution in [3.8, 4) is 0 Å². The first-order chi connectivity index (χ1) is 11.6. The van der Waals surface area contributed by atoms with Gasteiger partial charge in [0.05, 0.1) is 11.1 Å². The molecule has 2 nitrogen and oxygen atoms in total. The second kappa shape index (κ2) is 6.54. The molecular formula is C20H12F2O2. The summed E-state index contributed by atoms with van der Waals surface area (Å²) < 4.78 is 28.8. The third-order valence-corrected chi connectivity index (χ3v) is 3.63. The van der Waals surface area contributed by atoms with E-state index < -0.39 is 28.8 Å². The van der Waals surface area contributed by atoms with Crippen molar-refractivity contribution in [2.24, 2.45) is 0 Å². The molecule has 0 atom stereocenters. The Morgan fingerprint density at radius 1 is 0.625 bits per heavy atom. The van der Waals surface area contributed by atoms with Crippen LogP contribution in [0, 0.1) is 11.6 Å². The van der Waals surface area contributed by atoms with Crippen LogP contribution in [0.4, 0.5) is 8.78 Å². The van der Waals surface area contributed by atoms with Gasteiger partial charge in [0.2, 0.25) is 0 Å². The van der Waals surface area contributed by atoms with Crippen molar-refractivity contribution in [1.29, 1.82) is 0 Å². The molecule has 0 saturated heterocycles. The van der Waals surface area contributed by atoms with Crippen LogP contribution in [0.25, 0.3) is 0 Å². The number of hydrogen-bond donors (Lipinski definition) is 0. The first-order valence-electron chi connectivity index (χ1n) is 7.27. The molecule has 0 heterocycles. The summed E-state index contributed by atoms with van der Waals surface area (Å²) in [6.07, 6.45) is 0. The predicted molar refractivity (Wildman–Crippen MR) is 86.1 cm³/mol. The molecule has 0 bridgehead atoms. The molecule has 0 aromatic heterocycles. The molecule has 0 N–H and O–H groups in total. The van der Waals surface area contributed by atoms with Crippen molar-refractivity contribution in [1.82, 2.24) is 0 Å². The number of halogens is 2. The highest BCUT2D eigenvalue weighted by Gasteiger charge is 2.24. The van der Waals surface area contributed by atoms with Gasteiger partial charge in [-0.1, -0.05) is 60.7 Å². The van der Waals surface area contributed by atoms with Crippen molar-refractivity contribution in [3.63, 3.8) is 0 Å². The maximum absolute atomic E-state index is 14.7. The monoisotopic (exact) mass is 322 g/mol. The van der Waals surface area contributed by atoms with Crippen LogP contribution in [0.1, 0.15) is 31.8 Å². The van der Waals surface area contributed by atoms with Crippen LogP contribution in [0.15, 0.2) is 72.8 Å². The first kappa shape index (κ1) is 15.7. The Balaban J connectivity index is 2.09. The minimum Gasteiger partial charge on any atom is -0.288 e. The Morgan fingerprint density at radius 3 is 1.67 bits per heavy atom. The van der Waals surface area contributed by atoms with E-state index in [-0.39, 0.29) is 16.7 Å². The molecule has 3 rings (SSSR count). The largest absolute Gasteiger partial charge is 0.288 e. The van der Waals surface area contributed by atoms with E-state index in [2.05, 4.69) is 0 Å². The molecule has 0 spiro atoms. The van der Waals surface area contributed by atoms with Gasteiger partial charge in [0.1, 0.15) is 11.6 Å². The summed E-state index contributed by atoms with van der Waals surface area (Å²) in [4.78, 5) is 24.8. The molecule has 24 heavy (non-hydrogen) atoms. The standard InChI is InChI=1S/C20H12F2O2/c21-16-12-11-15(19(23)13-7-3-1-4-8-13)18(22)17(16)20(24)14-9-5-2-6-10-14/h1-12H. The van der Waals surface area contributed by atoms with E-state index >= 15 is 0 Å². The van der Waals surface area contributed by atoms with Crippen LogP contribution in [-0.2, 0) is 0 Å². The summed E-state index contributed by atoms with van der Waals surface area (Å²) in [6, 6.07) is 17.9. The molecule has 0 unspecified atom stereocenters. The van der Waals surface area contributed by atoms with E-state index in [1.807, 2.05) is 0 Å². The topological polar surface area (TPSA) is 34.1 Å². The number of ketones is 2. The van der Waals surface area contributed by atoms with Gasteiger partial charge in [-0.2, -0.15) is 0 Å². The lowest BCUT2D eigenvalue weighted by molar-refractivity contribution is 0.102. The Hall–Kier alpha value is -3.14. The van der Waals surface area contributed by atoms with E-state index in [0.29, 0.717) is 0 Å². The van der Waals surface area contributed by atoms with E-state index in [1.54, 1.807) is 36.4 Å². The third kappa shape index (κ3) is 2.86. The number of benzene rings is 3. The van der Waals surface area contributed by atoms with Crippen LogP contribution < -0.4 is 0 Å². The molecule has 4 heteroatoms. The molecule has 0 radical (unpaired) electrons. The maximum Gasteiger partial charge on any atom is 0.198 e. The normalized spacial score (nSPS) is 10.4. The van der Waals surface area contributed by atoms with E-state index in [4.69, 9.17) is 0 Å². The molecule has 0 fully saturated rings. The summed E-state index contributed by atoms with van der Waals surface area (Å²) >= 11 is 0. The smallest absolute Gasteiger partial charge is 0.198 e. The fourth-order valence-corrected chi connectivity index (χ4v) is 2.41. The van der Waals surface area contributed by atoms with E-state index in [1.165, 1.54) is 24.3 Å². The van der Waals surface area contributed by atoms with Crippen molar-refractivity contribution in [2.75, 3.05) is 0 Å². The zero-order chi connectivity index (χ0) is 17.1. The fraction of sp³-hybridized carbons (Fsp3) is 0. The second-order valence-corrected chi connectivity index (χ2v) is 5.17. The van der Waals surface area contributed by atoms with Crippen LogP contribution in [0.3, 0.4) is 0 Å². The molecular weight excluding hydrogens is 310 g/mol. The third-order valence-electron chi connectivity index (χ3n) is 3.63. The second-order valence-electron chi connectivity index (χ2n) is 5.17. The Morgan fingerprint density at radius 2 is 1.12 bits per heavy atom. The van der Waals surface area contributed by atoms with Crippen LogP contribution in [0.2, 0.25) is 0 Å². The highest BCUT2D eigenvalue weighted by Crippen LogP contribution is 2.22. The summed E-state index contributed by atoms with van der Waals surface area (Å²) in [5.41, 5.74) is -0.634. The van der Waals surface area contributed by atoms with Gasteiger partial charge in [0.25, 0.3) is 0 Å². The van der Waals surface area contributed by atoms with Crippen LogP contribution in [-0.4, -0.2) is 11.6 Å². The predicted octanol–water partition coefficient (Wildman–Crippen LogP) is 4.43. The molecule has 0 saturated carbocycles. The van der Waals surface area contributed by atoms with Gasteiger partial charge in [-0.05, 0) is 12.1 Å².